The first-order valence-electron chi connectivity index (χ1n) is 7.28. The van der Waals surface area contributed by atoms with Crippen LogP contribution in [0.5, 0.6) is 0 Å². The van der Waals surface area contributed by atoms with Gasteiger partial charge in [0.15, 0.2) is 0 Å². The van der Waals surface area contributed by atoms with Crippen LogP contribution in [-0.2, 0) is 19.6 Å². The van der Waals surface area contributed by atoms with Crippen molar-refractivity contribution in [3.8, 4) is 0 Å². The number of hydrogen-bond donors (Lipinski definition) is 0. The summed E-state index contributed by atoms with van der Waals surface area (Å²) < 4.78 is 31.4. The molecule has 2 aromatic carbocycles. The first kappa shape index (κ1) is 17.1. The van der Waals surface area contributed by atoms with Crippen molar-refractivity contribution >= 4 is 21.7 Å². The van der Waals surface area contributed by atoms with Gasteiger partial charge in [0.05, 0.1) is 23.0 Å². The SMILES string of the molecule is COC(=O)[C@@H]1[C@@H](c2ccccc2)N1S(=O)(=O)c1ccc([N+](=O)[O-])cc1. The number of sulfonamides is 1. The normalized spacial score (nSPS) is 22.2. The maximum atomic E-state index is 12.8. The Morgan fingerprint density at radius 2 is 1.72 bits per heavy atom. The van der Waals surface area contributed by atoms with Crippen LogP contribution in [0, 0.1) is 10.1 Å². The monoisotopic (exact) mass is 362 g/mol. The van der Waals surface area contributed by atoms with Crippen LogP contribution in [0.4, 0.5) is 5.69 Å². The lowest BCUT2D eigenvalue weighted by Crippen LogP contribution is -2.20. The van der Waals surface area contributed by atoms with Gasteiger partial charge in [-0.25, -0.2) is 8.42 Å². The van der Waals surface area contributed by atoms with Crippen molar-refractivity contribution < 1.29 is 22.9 Å². The predicted molar refractivity (Wildman–Crippen MR) is 87.1 cm³/mol. The number of ether oxygens (including phenoxy) is 1. The first-order chi connectivity index (χ1) is 11.9. The van der Waals surface area contributed by atoms with E-state index in [9.17, 15) is 23.3 Å². The van der Waals surface area contributed by atoms with Crippen LogP contribution in [0.15, 0.2) is 59.5 Å². The highest BCUT2D eigenvalue weighted by atomic mass is 32.2. The van der Waals surface area contributed by atoms with Gasteiger partial charge in [-0.15, -0.1) is 0 Å². The molecule has 1 aliphatic heterocycles. The molecule has 25 heavy (non-hydrogen) atoms. The molecule has 1 saturated heterocycles. The lowest BCUT2D eigenvalue weighted by Gasteiger charge is -2.06. The molecule has 0 bridgehead atoms. The van der Waals surface area contributed by atoms with E-state index in [0.717, 1.165) is 28.6 Å². The number of nitro groups is 1. The molecule has 0 radical (unpaired) electrons. The van der Waals surface area contributed by atoms with Gasteiger partial charge in [-0.1, -0.05) is 30.3 Å². The Labute approximate surface area is 143 Å². The van der Waals surface area contributed by atoms with E-state index in [1.807, 2.05) is 0 Å². The number of esters is 1. The highest BCUT2D eigenvalue weighted by Gasteiger charge is 2.61. The van der Waals surface area contributed by atoms with Crippen LogP contribution in [0.25, 0.3) is 0 Å². The van der Waals surface area contributed by atoms with E-state index in [4.69, 9.17) is 4.74 Å². The summed E-state index contributed by atoms with van der Waals surface area (Å²) in [7, 11) is -2.81. The van der Waals surface area contributed by atoms with Gasteiger partial charge in [-0.3, -0.25) is 14.9 Å². The van der Waals surface area contributed by atoms with E-state index < -0.39 is 33.0 Å². The Hall–Kier alpha value is -2.78. The number of nitro benzene ring substituents is 1. The van der Waals surface area contributed by atoms with Gasteiger partial charge < -0.3 is 4.74 Å². The zero-order valence-electron chi connectivity index (χ0n) is 13.1. The second-order valence-corrected chi connectivity index (χ2v) is 7.25. The summed E-state index contributed by atoms with van der Waals surface area (Å²) in [4.78, 5) is 21.9. The van der Waals surface area contributed by atoms with E-state index >= 15 is 0 Å². The van der Waals surface area contributed by atoms with Crippen LogP contribution < -0.4 is 0 Å². The summed E-state index contributed by atoms with van der Waals surface area (Å²) in [6, 6.07) is 11.7. The van der Waals surface area contributed by atoms with E-state index in [2.05, 4.69) is 0 Å². The van der Waals surface area contributed by atoms with Crippen molar-refractivity contribution in [2.45, 2.75) is 17.0 Å². The van der Waals surface area contributed by atoms with E-state index in [-0.39, 0.29) is 10.6 Å². The van der Waals surface area contributed by atoms with Crippen LogP contribution >= 0.6 is 0 Å². The molecule has 0 aliphatic carbocycles. The molecule has 0 N–H and O–H groups in total. The molecule has 9 heteroatoms. The Balaban J connectivity index is 1.97. The van der Waals surface area contributed by atoms with Crippen LogP contribution in [0.2, 0.25) is 0 Å². The number of carbonyl (C=O) groups is 1. The van der Waals surface area contributed by atoms with Crippen molar-refractivity contribution in [3.05, 3.63) is 70.3 Å². The van der Waals surface area contributed by atoms with Gasteiger partial charge in [-0.05, 0) is 17.7 Å². The largest absolute Gasteiger partial charge is 0.468 e. The van der Waals surface area contributed by atoms with E-state index in [1.54, 1.807) is 30.3 Å². The number of carbonyl (C=O) groups excluding carboxylic acids is 1. The Kier molecular flexibility index (Phi) is 4.27. The van der Waals surface area contributed by atoms with Gasteiger partial charge >= 0.3 is 5.97 Å². The molecule has 0 amide bonds. The maximum Gasteiger partial charge on any atom is 0.326 e. The Morgan fingerprint density at radius 1 is 1.12 bits per heavy atom. The average Bonchev–Trinajstić information content (AvgIpc) is 3.38. The van der Waals surface area contributed by atoms with Crippen molar-refractivity contribution in [2.75, 3.05) is 7.11 Å². The third-order valence-corrected chi connectivity index (χ3v) is 5.84. The fourth-order valence-corrected chi connectivity index (χ4v) is 4.41. The van der Waals surface area contributed by atoms with Gasteiger partial charge in [0.1, 0.15) is 6.04 Å². The molecule has 1 heterocycles. The summed E-state index contributed by atoms with van der Waals surface area (Å²) in [6.07, 6.45) is 0. The molecule has 1 aliphatic rings. The molecule has 3 atom stereocenters. The van der Waals surface area contributed by atoms with Crippen molar-refractivity contribution in [1.29, 1.82) is 0 Å². The fourth-order valence-electron chi connectivity index (χ4n) is 2.70. The number of rotatable bonds is 5. The van der Waals surface area contributed by atoms with Crippen molar-refractivity contribution in [1.82, 2.24) is 4.31 Å². The van der Waals surface area contributed by atoms with Crippen LogP contribution in [0.3, 0.4) is 0 Å². The fraction of sp³-hybridized carbons (Fsp3) is 0.188. The highest BCUT2D eigenvalue weighted by molar-refractivity contribution is 7.89. The zero-order chi connectivity index (χ0) is 18.2. The third-order valence-electron chi connectivity index (χ3n) is 3.96. The molecule has 130 valence electrons. The topological polar surface area (TPSA) is 107 Å². The van der Waals surface area contributed by atoms with Gasteiger partial charge in [0, 0.05) is 12.1 Å². The summed E-state index contributed by atoms with van der Waals surface area (Å²) in [6.45, 7) is 0. The molecular weight excluding hydrogens is 348 g/mol. The average molecular weight is 362 g/mol. The lowest BCUT2D eigenvalue weighted by atomic mass is 10.1. The third kappa shape index (κ3) is 2.99. The van der Waals surface area contributed by atoms with Gasteiger partial charge in [0.2, 0.25) is 10.0 Å². The summed E-state index contributed by atoms with van der Waals surface area (Å²) in [5.74, 6) is -0.653. The first-order valence-corrected chi connectivity index (χ1v) is 8.72. The number of hydrogen-bond acceptors (Lipinski definition) is 6. The second-order valence-electron chi connectivity index (χ2n) is 5.41. The molecule has 1 unspecified atom stereocenters. The molecular formula is C16H14N2O6S. The minimum absolute atomic E-state index is 0.120. The quantitative estimate of drug-likeness (QED) is 0.348. The molecule has 1 fully saturated rings. The standard InChI is InChI=1S/C16H14N2O6S/c1-24-16(19)15-14(11-5-3-2-4-6-11)17(15)25(22,23)13-9-7-12(8-10-13)18(20)21/h2-10,14-15H,1H3/t14-,15+,17?/m1/s1. The molecule has 8 nitrogen and oxygen atoms in total. The molecule has 0 spiro atoms. The van der Waals surface area contributed by atoms with Crippen LogP contribution in [-0.4, -0.2) is 36.8 Å². The van der Waals surface area contributed by atoms with Crippen LogP contribution in [0.1, 0.15) is 11.6 Å². The zero-order valence-corrected chi connectivity index (χ0v) is 13.9. The van der Waals surface area contributed by atoms with E-state index in [0.29, 0.717) is 5.56 Å². The number of non-ortho nitro benzene ring substituents is 1. The summed E-state index contributed by atoms with van der Waals surface area (Å²) >= 11 is 0. The highest BCUT2D eigenvalue weighted by Crippen LogP contribution is 2.48. The Bertz CT molecular complexity index is 911. The van der Waals surface area contributed by atoms with Crippen molar-refractivity contribution in [2.24, 2.45) is 0 Å². The van der Waals surface area contributed by atoms with Gasteiger partial charge in [-0.2, -0.15) is 4.31 Å². The number of nitrogens with zero attached hydrogens (tertiary/aromatic N) is 2. The second kappa shape index (κ2) is 6.26. The smallest absolute Gasteiger partial charge is 0.326 e. The minimum atomic E-state index is -4.00. The minimum Gasteiger partial charge on any atom is -0.468 e. The maximum absolute atomic E-state index is 12.8. The van der Waals surface area contributed by atoms with Crippen molar-refractivity contribution in [3.63, 3.8) is 0 Å². The number of benzene rings is 2. The number of methoxy groups -OCH3 is 1. The predicted octanol–water partition coefficient (Wildman–Crippen LogP) is 1.88. The lowest BCUT2D eigenvalue weighted by molar-refractivity contribution is -0.384. The molecule has 0 saturated carbocycles. The molecule has 2 aromatic rings. The summed E-state index contributed by atoms with van der Waals surface area (Å²) in [5.41, 5.74) is 0.456. The summed E-state index contributed by atoms with van der Waals surface area (Å²) in [5, 5.41) is 10.7. The van der Waals surface area contributed by atoms with E-state index in [1.165, 1.54) is 7.11 Å². The molecule has 3 rings (SSSR count). The van der Waals surface area contributed by atoms with Gasteiger partial charge in [0.25, 0.3) is 5.69 Å². The Morgan fingerprint density at radius 3 is 2.24 bits per heavy atom. The molecule has 0 aromatic heterocycles.